The number of carbonyl (C=O) groups excluding carboxylic acids is 2. The van der Waals surface area contributed by atoms with Crippen LogP contribution in [0, 0.1) is 17.7 Å². The molecule has 1 aliphatic carbocycles. The summed E-state index contributed by atoms with van der Waals surface area (Å²) in [6.45, 7) is 4.56. The quantitative estimate of drug-likeness (QED) is 0.737. The maximum Gasteiger partial charge on any atom is 0.243 e. The van der Waals surface area contributed by atoms with Gasteiger partial charge in [0, 0.05) is 17.3 Å². The number of benzene rings is 1. The van der Waals surface area contributed by atoms with E-state index >= 15 is 0 Å². The van der Waals surface area contributed by atoms with Gasteiger partial charge in [-0.25, -0.2) is 4.39 Å². The lowest BCUT2D eigenvalue weighted by Crippen LogP contribution is -2.59. The molecule has 1 aromatic carbocycles. The van der Waals surface area contributed by atoms with Crippen LogP contribution < -0.4 is 5.32 Å². The van der Waals surface area contributed by atoms with E-state index in [4.69, 9.17) is 11.6 Å². The number of hydrogen-bond acceptors (Lipinski definition) is 3. The predicted octanol–water partition coefficient (Wildman–Crippen LogP) is 4.76. The Morgan fingerprint density at radius 1 is 1.28 bits per heavy atom. The number of piperazine rings is 1. The Morgan fingerprint density at radius 3 is 2.62 bits per heavy atom. The number of nitrogens with zero attached hydrogens (tertiary/aromatic N) is 1. The molecule has 1 aliphatic heterocycles. The minimum absolute atomic E-state index is 0.0208. The first-order chi connectivity index (χ1) is 13.8. The largest absolute Gasteiger partial charge is 0.345 e. The summed E-state index contributed by atoms with van der Waals surface area (Å²) in [5.41, 5.74) is 0.980. The number of carbonyl (C=O) groups is 2. The van der Waals surface area contributed by atoms with Gasteiger partial charge in [-0.3, -0.25) is 9.59 Å². The Morgan fingerprint density at radius 2 is 2.00 bits per heavy atom. The van der Waals surface area contributed by atoms with Crippen LogP contribution in [0.25, 0.3) is 0 Å². The molecule has 0 unspecified atom stereocenters. The van der Waals surface area contributed by atoms with Crippen molar-refractivity contribution in [2.24, 2.45) is 11.8 Å². The first-order valence-corrected chi connectivity index (χ1v) is 11.1. The second-order valence-electron chi connectivity index (χ2n) is 8.34. The van der Waals surface area contributed by atoms with Crippen molar-refractivity contribution in [1.29, 1.82) is 0 Å². The molecule has 4 nitrogen and oxygen atoms in total. The maximum absolute atomic E-state index is 13.4. The van der Waals surface area contributed by atoms with Gasteiger partial charge in [0.1, 0.15) is 11.9 Å². The zero-order valence-corrected chi connectivity index (χ0v) is 18.0. The zero-order valence-electron chi connectivity index (χ0n) is 16.4. The third kappa shape index (κ3) is 4.33. The van der Waals surface area contributed by atoms with Crippen molar-refractivity contribution < 1.29 is 14.0 Å². The number of thiophene rings is 1. The molecule has 2 heterocycles. The van der Waals surface area contributed by atoms with Crippen LogP contribution in [0.3, 0.4) is 0 Å². The van der Waals surface area contributed by atoms with Crippen LogP contribution in [0.1, 0.15) is 49.1 Å². The first kappa shape index (κ1) is 20.4. The van der Waals surface area contributed by atoms with Crippen molar-refractivity contribution in [3.05, 3.63) is 57.0 Å². The highest BCUT2D eigenvalue weighted by molar-refractivity contribution is 7.16. The van der Waals surface area contributed by atoms with Gasteiger partial charge < -0.3 is 10.2 Å². The van der Waals surface area contributed by atoms with Crippen LogP contribution in [0.2, 0.25) is 4.34 Å². The maximum atomic E-state index is 13.4. The van der Waals surface area contributed by atoms with Gasteiger partial charge >= 0.3 is 0 Å². The van der Waals surface area contributed by atoms with E-state index in [-0.39, 0.29) is 35.5 Å². The number of nitrogens with one attached hydrogen (secondary N) is 1. The average molecular weight is 435 g/mol. The molecule has 2 aromatic rings. The zero-order chi connectivity index (χ0) is 20.7. The molecule has 1 aromatic heterocycles. The molecule has 4 atom stereocenters. The number of amides is 2. The monoisotopic (exact) mass is 434 g/mol. The minimum atomic E-state index is -0.455. The van der Waals surface area contributed by atoms with Gasteiger partial charge in [0.2, 0.25) is 11.8 Å². The summed E-state index contributed by atoms with van der Waals surface area (Å²) in [4.78, 5) is 29.0. The Labute approximate surface area is 179 Å². The molecule has 0 bridgehead atoms. The Bertz CT molecular complexity index is 914. The molecule has 29 heavy (non-hydrogen) atoms. The Hall–Kier alpha value is -1.92. The van der Waals surface area contributed by atoms with Crippen molar-refractivity contribution in [1.82, 2.24) is 10.2 Å². The summed E-state index contributed by atoms with van der Waals surface area (Å²) in [5, 5.41) is 3.07. The van der Waals surface area contributed by atoms with Crippen LogP contribution in [0.15, 0.2) is 36.4 Å². The lowest BCUT2D eigenvalue weighted by molar-refractivity contribution is -0.146. The van der Waals surface area contributed by atoms with Crippen molar-refractivity contribution >= 4 is 34.8 Å². The summed E-state index contributed by atoms with van der Waals surface area (Å²) in [7, 11) is 0. The van der Waals surface area contributed by atoms with E-state index in [0.717, 1.165) is 16.9 Å². The highest BCUT2D eigenvalue weighted by Crippen LogP contribution is 2.49. The van der Waals surface area contributed by atoms with Crippen LogP contribution in [-0.4, -0.2) is 29.3 Å². The van der Waals surface area contributed by atoms with E-state index in [0.29, 0.717) is 23.2 Å². The third-order valence-corrected chi connectivity index (χ3v) is 7.04. The number of halogens is 2. The molecule has 0 spiro atoms. The molecular formula is C22H24ClFN2O2S. The van der Waals surface area contributed by atoms with Gasteiger partial charge in [0.05, 0.1) is 10.4 Å². The van der Waals surface area contributed by atoms with E-state index in [9.17, 15) is 14.0 Å². The van der Waals surface area contributed by atoms with Gasteiger partial charge in [0.15, 0.2) is 0 Å². The second-order valence-corrected chi connectivity index (χ2v) is 10.1. The van der Waals surface area contributed by atoms with Gasteiger partial charge in [0.25, 0.3) is 0 Å². The minimum Gasteiger partial charge on any atom is -0.345 e. The summed E-state index contributed by atoms with van der Waals surface area (Å²) < 4.78 is 13.9. The molecule has 1 saturated carbocycles. The summed E-state index contributed by atoms with van der Waals surface area (Å²) >= 11 is 7.49. The molecule has 0 radical (unpaired) electrons. The van der Waals surface area contributed by atoms with E-state index in [1.807, 2.05) is 12.1 Å². The molecule has 1 saturated heterocycles. The van der Waals surface area contributed by atoms with E-state index in [1.165, 1.54) is 23.5 Å². The molecule has 2 aliphatic rings. The van der Waals surface area contributed by atoms with E-state index < -0.39 is 6.04 Å². The molecule has 154 valence electrons. The van der Waals surface area contributed by atoms with Crippen molar-refractivity contribution in [3.63, 3.8) is 0 Å². The highest BCUT2D eigenvalue weighted by atomic mass is 35.5. The fourth-order valence-corrected chi connectivity index (χ4v) is 5.24. The van der Waals surface area contributed by atoms with Gasteiger partial charge in [-0.05, 0) is 54.5 Å². The molecule has 7 heteroatoms. The lowest BCUT2D eigenvalue weighted by Gasteiger charge is -2.40. The van der Waals surface area contributed by atoms with Crippen molar-refractivity contribution in [2.45, 2.75) is 44.7 Å². The third-order valence-electron chi connectivity index (χ3n) is 5.70. The lowest BCUT2D eigenvalue weighted by atomic mass is 9.97. The topological polar surface area (TPSA) is 49.4 Å². The molecule has 4 rings (SSSR count). The average Bonchev–Trinajstić information content (AvgIpc) is 3.36. The van der Waals surface area contributed by atoms with Crippen molar-refractivity contribution in [2.75, 3.05) is 6.54 Å². The smallest absolute Gasteiger partial charge is 0.243 e. The molecule has 2 amide bonds. The van der Waals surface area contributed by atoms with Crippen LogP contribution in [0.4, 0.5) is 4.39 Å². The van der Waals surface area contributed by atoms with Crippen LogP contribution in [-0.2, 0) is 9.59 Å². The van der Waals surface area contributed by atoms with Crippen LogP contribution >= 0.6 is 22.9 Å². The fourth-order valence-electron chi connectivity index (χ4n) is 4.14. The first-order valence-electron chi connectivity index (χ1n) is 9.95. The normalized spacial score (nSPS) is 26.5. The summed E-state index contributed by atoms with van der Waals surface area (Å²) in [6, 6.07) is 9.38. The molecule has 1 N–H and O–H groups in total. The number of rotatable bonds is 5. The molecule has 2 fully saturated rings. The SMILES string of the molecule is CC(C)C[C@H]1C(=O)N[C@@H](c2ccc(Cl)s2)CN1C(=O)[C@@H]1C[C@H]1c1ccc(F)cc1. The summed E-state index contributed by atoms with van der Waals surface area (Å²) in [6.07, 6.45) is 1.37. The Kier molecular flexibility index (Phi) is 5.67. The van der Waals surface area contributed by atoms with E-state index in [2.05, 4.69) is 19.2 Å². The summed E-state index contributed by atoms with van der Waals surface area (Å²) in [5.74, 6) is -0.115. The van der Waals surface area contributed by atoms with Gasteiger partial charge in [-0.15, -0.1) is 11.3 Å². The van der Waals surface area contributed by atoms with Gasteiger partial charge in [-0.1, -0.05) is 37.6 Å². The molecular weight excluding hydrogens is 411 g/mol. The Balaban J connectivity index is 1.54. The number of hydrogen-bond donors (Lipinski definition) is 1. The van der Waals surface area contributed by atoms with Crippen LogP contribution in [0.5, 0.6) is 0 Å². The van der Waals surface area contributed by atoms with Gasteiger partial charge in [-0.2, -0.15) is 0 Å². The highest BCUT2D eigenvalue weighted by Gasteiger charge is 2.49. The van der Waals surface area contributed by atoms with E-state index in [1.54, 1.807) is 17.0 Å². The predicted molar refractivity (Wildman–Crippen MR) is 112 cm³/mol. The van der Waals surface area contributed by atoms with Crippen molar-refractivity contribution in [3.8, 4) is 0 Å². The fraction of sp³-hybridized carbons (Fsp3) is 0.455. The second kappa shape index (κ2) is 8.07. The standard InChI is InChI=1S/C22H24ClFN2O2S/c1-12(2)9-18-21(27)25-17(19-7-8-20(23)29-19)11-26(18)22(28)16-10-15(16)13-3-5-14(24)6-4-13/h3-8,12,15-18H,9-11H2,1-2H3,(H,25,27)/t15-,16+,17+,18-/m0/s1.